The molecule has 2 unspecified atom stereocenters. The maximum absolute atomic E-state index is 13.0. The quantitative estimate of drug-likeness (QED) is 0.855. The molecule has 25 heavy (non-hydrogen) atoms. The highest BCUT2D eigenvalue weighted by molar-refractivity contribution is 5.97. The first-order chi connectivity index (χ1) is 11.8. The van der Waals surface area contributed by atoms with Gasteiger partial charge in [0.15, 0.2) is 0 Å². The molecule has 1 fully saturated rings. The highest BCUT2D eigenvalue weighted by atomic mass is 19.1. The molecule has 2 rings (SSSR count). The van der Waals surface area contributed by atoms with Crippen molar-refractivity contribution >= 4 is 11.8 Å². The van der Waals surface area contributed by atoms with Crippen molar-refractivity contribution in [1.29, 1.82) is 0 Å². The van der Waals surface area contributed by atoms with Crippen molar-refractivity contribution in [3.63, 3.8) is 0 Å². The lowest BCUT2D eigenvalue weighted by molar-refractivity contribution is -0.135. The Balaban J connectivity index is 2.01. The van der Waals surface area contributed by atoms with Crippen molar-refractivity contribution in [2.75, 3.05) is 13.1 Å². The topological polar surface area (TPSA) is 75.4 Å². The van der Waals surface area contributed by atoms with E-state index in [0.717, 1.165) is 12.8 Å². The number of carbonyl (C=O) groups is 2. The highest BCUT2D eigenvalue weighted by Gasteiger charge is 2.32. The third-order valence-electron chi connectivity index (χ3n) is 4.92. The van der Waals surface area contributed by atoms with E-state index in [1.807, 2.05) is 25.7 Å². The average Bonchev–Trinajstić information content (AvgIpc) is 2.59. The zero-order valence-corrected chi connectivity index (χ0v) is 15.2. The summed E-state index contributed by atoms with van der Waals surface area (Å²) in [6.45, 7) is 7.15. The Kier molecular flexibility index (Phi) is 6.53. The molecule has 2 amide bonds. The predicted molar refractivity (Wildman–Crippen MR) is 95.4 cm³/mol. The van der Waals surface area contributed by atoms with Gasteiger partial charge in [0.1, 0.15) is 11.9 Å². The van der Waals surface area contributed by atoms with Crippen LogP contribution in [0.25, 0.3) is 0 Å². The Morgan fingerprint density at radius 3 is 2.20 bits per heavy atom. The summed E-state index contributed by atoms with van der Waals surface area (Å²) >= 11 is 0. The van der Waals surface area contributed by atoms with Crippen molar-refractivity contribution in [3.8, 4) is 0 Å². The second-order valence-corrected chi connectivity index (χ2v) is 7.22. The molecule has 138 valence electrons. The minimum atomic E-state index is -0.593. The van der Waals surface area contributed by atoms with Crippen LogP contribution in [0.2, 0.25) is 0 Å². The number of halogens is 1. The molecule has 1 heterocycles. The van der Waals surface area contributed by atoms with Gasteiger partial charge in [0, 0.05) is 24.7 Å². The molecule has 3 N–H and O–H groups in total. The summed E-state index contributed by atoms with van der Waals surface area (Å²) in [6, 6.07) is 4.85. The number of carbonyl (C=O) groups excluding carboxylic acids is 2. The van der Waals surface area contributed by atoms with E-state index >= 15 is 0 Å². The second-order valence-electron chi connectivity index (χ2n) is 7.22. The van der Waals surface area contributed by atoms with Gasteiger partial charge in [-0.1, -0.05) is 13.8 Å². The molecule has 1 saturated heterocycles. The molecule has 2 atom stereocenters. The van der Waals surface area contributed by atoms with E-state index in [1.54, 1.807) is 0 Å². The van der Waals surface area contributed by atoms with Crippen molar-refractivity contribution in [1.82, 2.24) is 10.2 Å². The van der Waals surface area contributed by atoms with Crippen LogP contribution in [0.5, 0.6) is 0 Å². The van der Waals surface area contributed by atoms with Crippen LogP contribution in [0.4, 0.5) is 4.39 Å². The summed E-state index contributed by atoms with van der Waals surface area (Å²) in [5.41, 5.74) is 6.29. The van der Waals surface area contributed by atoms with Crippen LogP contribution in [0.3, 0.4) is 0 Å². The number of nitrogens with two attached hydrogens (primary N) is 1. The first-order valence-electron chi connectivity index (χ1n) is 8.90. The molecule has 0 saturated carbocycles. The fourth-order valence-electron chi connectivity index (χ4n) is 3.18. The van der Waals surface area contributed by atoms with Crippen molar-refractivity contribution in [2.45, 2.75) is 45.7 Å². The number of hydrogen-bond acceptors (Lipinski definition) is 3. The molecule has 0 radical (unpaired) electrons. The van der Waals surface area contributed by atoms with Gasteiger partial charge < -0.3 is 16.0 Å². The van der Waals surface area contributed by atoms with Gasteiger partial charge in [-0.3, -0.25) is 9.59 Å². The summed E-state index contributed by atoms with van der Waals surface area (Å²) in [6.07, 6.45) is 1.78. The van der Waals surface area contributed by atoms with Gasteiger partial charge >= 0.3 is 0 Å². The number of benzene rings is 1. The number of hydrogen-bond donors (Lipinski definition) is 2. The summed E-state index contributed by atoms with van der Waals surface area (Å²) in [7, 11) is 0. The lowest BCUT2D eigenvalue weighted by Gasteiger charge is -2.36. The van der Waals surface area contributed by atoms with Gasteiger partial charge in [-0.25, -0.2) is 4.39 Å². The average molecular weight is 349 g/mol. The number of nitrogens with one attached hydrogen (secondary N) is 1. The molecule has 1 aromatic rings. The Morgan fingerprint density at radius 1 is 1.16 bits per heavy atom. The van der Waals surface area contributed by atoms with E-state index < -0.39 is 11.9 Å². The first kappa shape index (κ1) is 19.4. The smallest absolute Gasteiger partial charge is 0.251 e. The largest absolute Gasteiger partial charge is 0.341 e. The maximum atomic E-state index is 13.0. The van der Waals surface area contributed by atoms with Crippen molar-refractivity contribution in [3.05, 3.63) is 35.6 Å². The maximum Gasteiger partial charge on any atom is 0.251 e. The van der Waals surface area contributed by atoms with E-state index in [2.05, 4.69) is 5.32 Å². The number of likely N-dealkylation sites (tertiary alicyclic amines) is 1. The Labute approximate surface area is 148 Å². The van der Waals surface area contributed by atoms with Crippen molar-refractivity contribution < 1.29 is 14.0 Å². The molecule has 1 aromatic carbocycles. The number of nitrogens with zero attached hydrogens (tertiary/aromatic N) is 1. The molecule has 6 heteroatoms. The summed E-state index contributed by atoms with van der Waals surface area (Å²) in [5, 5.41) is 2.81. The van der Waals surface area contributed by atoms with Crippen molar-refractivity contribution in [2.24, 2.45) is 17.6 Å². The fraction of sp³-hybridized carbons (Fsp3) is 0.579. The third-order valence-corrected chi connectivity index (χ3v) is 4.92. The molecule has 5 nitrogen and oxygen atoms in total. The number of amides is 2. The van der Waals surface area contributed by atoms with Crippen LogP contribution >= 0.6 is 0 Å². The van der Waals surface area contributed by atoms with E-state index in [-0.39, 0.29) is 23.8 Å². The third kappa shape index (κ3) is 5.01. The number of rotatable bonds is 5. The first-order valence-corrected chi connectivity index (χ1v) is 8.90. The lowest BCUT2D eigenvalue weighted by atomic mass is 9.90. The Hall–Kier alpha value is -1.95. The highest BCUT2D eigenvalue weighted by Crippen LogP contribution is 2.21. The zero-order valence-electron chi connectivity index (χ0n) is 15.2. The molecule has 0 spiro atoms. The van der Waals surface area contributed by atoms with Gasteiger partial charge in [0.05, 0.1) is 0 Å². The molecular weight excluding hydrogens is 321 g/mol. The van der Waals surface area contributed by atoms with E-state index in [1.165, 1.54) is 24.3 Å². The number of piperidine rings is 1. The normalized spacial score (nSPS) is 18.1. The predicted octanol–water partition coefficient (Wildman–Crippen LogP) is 2.17. The fourth-order valence-corrected chi connectivity index (χ4v) is 3.18. The Bertz CT molecular complexity index is 593. The van der Waals surface area contributed by atoms with Gasteiger partial charge in [-0.2, -0.15) is 0 Å². The summed E-state index contributed by atoms with van der Waals surface area (Å²) in [4.78, 5) is 27.0. The summed E-state index contributed by atoms with van der Waals surface area (Å²) < 4.78 is 13.0. The van der Waals surface area contributed by atoms with Gasteiger partial charge in [-0.15, -0.1) is 0 Å². The molecular formula is C19H28FN3O2. The second kappa shape index (κ2) is 8.43. The van der Waals surface area contributed by atoms with Crippen LogP contribution in [0, 0.1) is 17.7 Å². The Morgan fingerprint density at radius 2 is 1.72 bits per heavy atom. The van der Waals surface area contributed by atoms with Crippen LogP contribution in [0.1, 0.15) is 44.0 Å². The van der Waals surface area contributed by atoms with Gasteiger partial charge in [-0.05, 0) is 55.9 Å². The lowest BCUT2D eigenvalue weighted by Crippen LogP contribution is -2.53. The minimum Gasteiger partial charge on any atom is -0.341 e. The van der Waals surface area contributed by atoms with Crippen LogP contribution < -0.4 is 11.1 Å². The molecule has 0 aliphatic carbocycles. The minimum absolute atomic E-state index is 0.0388. The zero-order chi connectivity index (χ0) is 18.6. The van der Waals surface area contributed by atoms with Gasteiger partial charge in [0.25, 0.3) is 5.91 Å². The molecule has 1 aliphatic heterocycles. The van der Waals surface area contributed by atoms with E-state index in [0.29, 0.717) is 24.6 Å². The molecule has 0 aromatic heterocycles. The van der Waals surface area contributed by atoms with E-state index in [4.69, 9.17) is 5.73 Å². The summed E-state index contributed by atoms with van der Waals surface area (Å²) in [5.74, 6) is -0.422. The standard InChI is InChI=1S/C19H28FN3O2/c1-12(2)17(22-18(24)15-4-6-16(20)7-5-15)19(25)23-10-8-14(9-11-23)13(3)21/h4-7,12-14,17H,8-11,21H2,1-3H3,(H,22,24). The van der Waals surface area contributed by atoms with Crippen LogP contribution in [0.15, 0.2) is 24.3 Å². The van der Waals surface area contributed by atoms with E-state index in [9.17, 15) is 14.0 Å². The molecule has 1 aliphatic rings. The monoisotopic (exact) mass is 349 g/mol. The van der Waals surface area contributed by atoms with Crippen LogP contribution in [-0.2, 0) is 4.79 Å². The SMILES string of the molecule is CC(C)C(NC(=O)c1ccc(F)cc1)C(=O)N1CCC(C(C)N)CC1. The van der Waals surface area contributed by atoms with Crippen LogP contribution in [-0.4, -0.2) is 41.9 Å². The van der Waals surface area contributed by atoms with Gasteiger partial charge in [0.2, 0.25) is 5.91 Å². The molecule has 0 bridgehead atoms.